The van der Waals surface area contributed by atoms with Gasteiger partial charge in [0.25, 0.3) is 0 Å². The Kier molecular flexibility index (Phi) is 5.84. The maximum atomic E-state index is 4.38. The number of nitrogens with one attached hydrogen (secondary N) is 1. The summed E-state index contributed by atoms with van der Waals surface area (Å²) in [7, 11) is 0. The molecule has 2 aromatic rings. The van der Waals surface area contributed by atoms with Crippen LogP contribution in [-0.2, 0) is 12.8 Å². The number of aryl methyl sites for hydroxylation is 1. The Bertz CT molecular complexity index is 409. The highest BCUT2D eigenvalue weighted by Gasteiger charge is 2.10. The molecule has 18 heavy (non-hydrogen) atoms. The standard InChI is InChI=1S/C14H20N2S2/c1-2-15-12(11-14-16-8-10-18-14)5-3-6-13-7-4-9-17-13/h4,7-10,12,15H,2-3,5-6,11H2,1H3. The van der Waals surface area contributed by atoms with Crippen LogP contribution in [0.25, 0.3) is 0 Å². The van der Waals surface area contributed by atoms with Crippen molar-refractivity contribution in [2.75, 3.05) is 6.54 Å². The molecule has 0 fully saturated rings. The van der Waals surface area contributed by atoms with Crippen molar-refractivity contribution in [3.05, 3.63) is 39.0 Å². The third-order valence-electron chi connectivity index (χ3n) is 2.95. The predicted molar refractivity (Wildman–Crippen MR) is 80.5 cm³/mol. The lowest BCUT2D eigenvalue weighted by atomic mass is 10.1. The zero-order valence-electron chi connectivity index (χ0n) is 10.8. The van der Waals surface area contributed by atoms with Crippen molar-refractivity contribution in [1.29, 1.82) is 0 Å². The summed E-state index contributed by atoms with van der Waals surface area (Å²) in [6, 6.07) is 4.94. The molecule has 0 bridgehead atoms. The van der Waals surface area contributed by atoms with Crippen LogP contribution in [0.1, 0.15) is 29.7 Å². The molecule has 98 valence electrons. The van der Waals surface area contributed by atoms with Gasteiger partial charge in [0, 0.05) is 28.9 Å². The SMILES string of the molecule is CCNC(CCCc1cccs1)Cc1nccs1. The van der Waals surface area contributed by atoms with Crippen LogP contribution >= 0.6 is 22.7 Å². The molecule has 4 heteroatoms. The molecular formula is C14H20N2S2. The van der Waals surface area contributed by atoms with Crippen molar-refractivity contribution in [1.82, 2.24) is 10.3 Å². The molecule has 0 aliphatic heterocycles. The lowest BCUT2D eigenvalue weighted by molar-refractivity contribution is 0.476. The Morgan fingerprint density at radius 1 is 1.33 bits per heavy atom. The minimum absolute atomic E-state index is 0.570. The number of rotatable bonds is 8. The van der Waals surface area contributed by atoms with E-state index in [1.807, 2.05) is 17.5 Å². The molecule has 2 rings (SSSR count). The van der Waals surface area contributed by atoms with Gasteiger partial charge in [-0.25, -0.2) is 4.98 Å². The van der Waals surface area contributed by atoms with E-state index in [1.165, 1.54) is 29.1 Å². The van der Waals surface area contributed by atoms with Gasteiger partial charge in [0.1, 0.15) is 0 Å². The quantitative estimate of drug-likeness (QED) is 0.796. The summed E-state index contributed by atoms with van der Waals surface area (Å²) in [5.41, 5.74) is 0. The van der Waals surface area contributed by atoms with E-state index in [-0.39, 0.29) is 0 Å². The first-order valence-electron chi connectivity index (χ1n) is 6.52. The second-order valence-electron chi connectivity index (χ2n) is 4.36. The summed E-state index contributed by atoms with van der Waals surface area (Å²) in [6.07, 6.45) is 6.65. The molecule has 0 radical (unpaired) electrons. The number of thiazole rings is 1. The average Bonchev–Trinajstić information content (AvgIpc) is 3.02. The Balaban J connectivity index is 1.75. The van der Waals surface area contributed by atoms with Gasteiger partial charge < -0.3 is 5.32 Å². The molecule has 0 aliphatic carbocycles. The molecule has 1 atom stereocenters. The zero-order chi connectivity index (χ0) is 12.6. The van der Waals surface area contributed by atoms with E-state index in [2.05, 4.69) is 40.1 Å². The van der Waals surface area contributed by atoms with Gasteiger partial charge in [-0.15, -0.1) is 22.7 Å². The number of aromatic nitrogens is 1. The maximum Gasteiger partial charge on any atom is 0.0940 e. The first kappa shape index (κ1) is 13.7. The summed E-state index contributed by atoms with van der Waals surface area (Å²) >= 11 is 3.62. The zero-order valence-corrected chi connectivity index (χ0v) is 12.4. The van der Waals surface area contributed by atoms with Crippen molar-refractivity contribution in [3.8, 4) is 0 Å². The molecule has 2 aromatic heterocycles. The summed E-state index contributed by atoms with van der Waals surface area (Å²) in [5.74, 6) is 0. The number of hydrogen-bond donors (Lipinski definition) is 1. The highest BCUT2D eigenvalue weighted by molar-refractivity contribution is 7.10. The van der Waals surface area contributed by atoms with Crippen molar-refractivity contribution in [3.63, 3.8) is 0 Å². The molecule has 1 N–H and O–H groups in total. The van der Waals surface area contributed by atoms with E-state index < -0.39 is 0 Å². The predicted octanol–water partition coefficient (Wildman–Crippen LogP) is 3.75. The smallest absolute Gasteiger partial charge is 0.0940 e. The number of hydrogen-bond acceptors (Lipinski definition) is 4. The molecule has 0 saturated heterocycles. The van der Waals surface area contributed by atoms with E-state index in [9.17, 15) is 0 Å². The third kappa shape index (κ3) is 4.52. The Morgan fingerprint density at radius 2 is 2.28 bits per heavy atom. The second-order valence-corrected chi connectivity index (χ2v) is 6.37. The maximum absolute atomic E-state index is 4.38. The van der Waals surface area contributed by atoms with Crippen LogP contribution in [0.5, 0.6) is 0 Å². The van der Waals surface area contributed by atoms with Gasteiger partial charge in [-0.3, -0.25) is 0 Å². The summed E-state index contributed by atoms with van der Waals surface area (Å²) in [6.45, 7) is 3.21. The summed E-state index contributed by atoms with van der Waals surface area (Å²) in [4.78, 5) is 5.88. The van der Waals surface area contributed by atoms with Crippen molar-refractivity contribution >= 4 is 22.7 Å². The van der Waals surface area contributed by atoms with E-state index >= 15 is 0 Å². The first-order chi connectivity index (χ1) is 8.88. The Labute approximate surface area is 117 Å². The van der Waals surface area contributed by atoms with Gasteiger partial charge in [0.2, 0.25) is 0 Å². The van der Waals surface area contributed by atoms with Gasteiger partial charge in [-0.2, -0.15) is 0 Å². The lowest BCUT2D eigenvalue weighted by Gasteiger charge is -2.16. The van der Waals surface area contributed by atoms with E-state index in [4.69, 9.17) is 0 Å². The van der Waals surface area contributed by atoms with Crippen LogP contribution in [0.15, 0.2) is 29.1 Å². The highest BCUT2D eigenvalue weighted by atomic mass is 32.1. The topological polar surface area (TPSA) is 24.9 Å². The summed E-state index contributed by atoms with van der Waals surface area (Å²) in [5, 5.41) is 9.04. The van der Waals surface area contributed by atoms with Crippen molar-refractivity contribution in [2.45, 2.75) is 38.6 Å². The van der Waals surface area contributed by atoms with Crippen LogP contribution in [0, 0.1) is 0 Å². The van der Waals surface area contributed by atoms with Crippen LogP contribution in [0.4, 0.5) is 0 Å². The highest BCUT2D eigenvalue weighted by Crippen LogP contribution is 2.15. The van der Waals surface area contributed by atoms with Gasteiger partial charge in [0.05, 0.1) is 5.01 Å². The first-order valence-corrected chi connectivity index (χ1v) is 8.28. The molecule has 2 nitrogen and oxygen atoms in total. The molecule has 0 spiro atoms. The average molecular weight is 280 g/mol. The molecule has 0 amide bonds. The van der Waals surface area contributed by atoms with Gasteiger partial charge in [0.15, 0.2) is 0 Å². The fourth-order valence-electron chi connectivity index (χ4n) is 2.11. The fourth-order valence-corrected chi connectivity index (χ4v) is 3.56. The van der Waals surface area contributed by atoms with E-state index in [0.29, 0.717) is 6.04 Å². The van der Waals surface area contributed by atoms with Crippen LogP contribution in [-0.4, -0.2) is 17.6 Å². The molecule has 0 saturated carbocycles. The minimum Gasteiger partial charge on any atom is -0.314 e. The van der Waals surface area contributed by atoms with Gasteiger partial charge in [-0.1, -0.05) is 13.0 Å². The molecule has 1 unspecified atom stereocenters. The normalized spacial score (nSPS) is 12.7. The van der Waals surface area contributed by atoms with Crippen molar-refractivity contribution < 1.29 is 0 Å². The number of likely N-dealkylation sites (N-methyl/N-ethyl adjacent to an activating group) is 1. The largest absolute Gasteiger partial charge is 0.314 e. The second kappa shape index (κ2) is 7.67. The Hall–Kier alpha value is -0.710. The monoisotopic (exact) mass is 280 g/mol. The van der Waals surface area contributed by atoms with Crippen molar-refractivity contribution in [2.24, 2.45) is 0 Å². The molecule has 0 aromatic carbocycles. The number of thiophene rings is 1. The fraction of sp³-hybridized carbons (Fsp3) is 0.500. The summed E-state index contributed by atoms with van der Waals surface area (Å²) < 4.78 is 0. The number of nitrogens with zero attached hydrogens (tertiary/aromatic N) is 1. The third-order valence-corrected chi connectivity index (χ3v) is 4.69. The lowest BCUT2D eigenvalue weighted by Crippen LogP contribution is -2.31. The van der Waals surface area contributed by atoms with Crippen LogP contribution in [0.3, 0.4) is 0 Å². The van der Waals surface area contributed by atoms with E-state index in [0.717, 1.165) is 13.0 Å². The Morgan fingerprint density at radius 3 is 2.94 bits per heavy atom. The van der Waals surface area contributed by atoms with E-state index in [1.54, 1.807) is 11.3 Å². The van der Waals surface area contributed by atoms with Crippen LogP contribution in [0.2, 0.25) is 0 Å². The van der Waals surface area contributed by atoms with Gasteiger partial charge in [-0.05, 0) is 37.3 Å². The molecular weight excluding hydrogens is 260 g/mol. The minimum atomic E-state index is 0.570. The molecule has 0 aliphatic rings. The van der Waals surface area contributed by atoms with Crippen LogP contribution < -0.4 is 5.32 Å². The van der Waals surface area contributed by atoms with Gasteiger partial charge >= 0.3 is 0 Å². The molecule has 2 heterocycles.